The number of hydrogen-bond donors (Lipinski definition) is 2. The van der Waals surface area contributed by atoms with Crippen molar-refractivity contribution < 1.29 is 13.9 Å². The van der Waals surface area contributed by atoms with Crippen LogP contribution in [0.4, 0.5) is 16.2 Å². The van der Waals surface area contributed by atoms with Crippen LogP contribution in [0.3, 0.4) is 0 Å². The van der Waals surface area contributed by atoms with Gasteiger partial charge in [0.25, 0.3) is 0 Å². The van der Waals surface area contributed by atoms with E-state index in [1.165, 1.54) is 26.1 Å². The summed E-state index contributed by atoms with van der Waals surface area (Å²) in [7, 11) is 0. The number of nitrogens with two attached hydrogens (primary N) is 2. The van der Waals surface area contributed by atoms with E-state index in [4.69, 9.17) is 32.5 Å². The first kappa shape index (κ1) is 16.1. The summed E-state index contributed by atoms with van der Waals surface area (Å²) in [6.45, 7) is 2.68. The van der Waals surface area contributed by atoms with Crippen molar-refractivity contribution in [3.05, 3.63) is 29.4 Å². The van der Waals surface area contributed by atoms with Crippen molar-refractivity contribution in [2.75, 3.05) is 18.1 Å². The second-order valence-corrected chi connectivity index (χ2v) is 5.61. The predicted molar refractivity (Wildman–Crippen MR) is 83.1 cm³/mol. The normalized spacial score (nSPS) is 11.3. The number of rotatable bonds is 5. The fourth-order valence-electron chi connectivity index (χ4n) is 1.53. The van der Waals surface area contributed by atoms with E-state index in [1.807, 2.05) is 0 Å². The molecule has 0 aliphatic heterocycles. The summed E-state index contributed by atoms with van der Waals surface area (Å²) in [5.74, 6) is 0.903. The van der Waals surface area contributed by atoms with Gasteiger partial charge in [0.2, 0.25) is 5.95 Å². The highest BCUT2D eigenvalue weighted by atomic mass is 35.5. The van der Waals surface area contributed by atoms with Gasteiger partial charge in [-0.1, -0.05) is 11.6 Å². The number of aromatic nitrogens is 2. The molecule has 0 aliphatic carbocycles. The molecule has 1 aromatic heterocycles. The smallest absolute Gasteiger partial charge is 0.222 e. The Hall–Kier alpha value is -2.28. The number of anilines is 2. The molecule has 0 saturated heterocycles. The van der Waals surface area contributed by atoms with Crippen LogP contribution in [0.25, 0.3) is 0 Å². The zero-order chi connectivity index (χ0) is 16.3. The molecule has 0 aliphatic rings. The first-order chi connectivity index (χ1) is 10.2. The van der Waals surface area contributed by atoms with Crippen molar-refractivity contribution in [3.63, 3.8) is 0 Å². The Labute approximate surface area is 132 Å². The number of ether oxygens (including phenoxy) is 2. The van der Waals surface area contributed by atoms with Crippen LogP contribution in [0.5, 0.6) is 17.2 Å². The van der Waals surface area contributed by atoms with Crippen LogP contribution >= 0.6 is 11.6 Å². The van der Waals surface area contributed by atoms with E-state index in [9.17, 15) is 4.39 Å². The molecule has 0 amide bonds. The molecule has 0 atom stereocenters. The van der Waals surface area contributed by atoms with Gasteiger partial charge in [-0.25, -0.2) is 9.37 Å². The van der Waals surface area contributed by atoms with Crippen LogP contribution in [0.15, 0.2) is 24.4 Å². The van der Waals surface area contributed by atoms with Gasteiger partial charge in [-0.15, -0.1) is 0 Å². The molecule has 118 valence electrons. The number of nitrogens with zero attached hydrogens (tertiary/aromatic N) is 2. The fourth-order valence-corrected chi connectivity index (χ4v) is 1.69. The standard InChI is InChI=1S/C14H16ClFN4O2/c1-14(2,16)7-21-9-4-3-8(15)5-10(9)22-11-6-19-13(18)20-12(11)17/h3-6H,7H2,1-2H3,(H4,17,18,19,20). The largest absolute Gasteiger partial charge is 0.486 e. The van der Waals surface area contributed by atoms with Crippen LogP contribution in [-0.2, 0) is 0 Å². The van der Waals surface area contributed by atoms with Crippen molar-refractivity contribution >= 4 is 23.4 Å². The SMILES string of the molecule is CC(C)(F)COc1ccc(Cl)cc1Oc1cnc(N)nc1N. The van der Waals surface area contributed by atoms with E-state index in [-0.39, 0.29) is 29.9 Å². The van der Waals surface area contributed by atoms with E-state index >= 15 is 0 Å². The summed E-state index contributed by atoms with van der Waals surface area (Å²) in [5, 5.41) is 0.428. The lowest BCUT2D eigenvalue weighted by atomic mass is 10.2. The molecule has 0 unspecified atom stereocenters. The summed E-state index contributed by atoms with van der Waals surface area (Å²) < 4.78 is 24.6. The van der Waals surface area contributed by atoms with Crippen LogP contribution in [0, 0.1) is 0 Å². The maximum atomic E-state index is 13.6. The van der Waals surface area contributed by atoms with Crippen molar-refractivity contribution in [1.82, 2.24) is 9.97 Å². The highest BCUT2D eigenvalue weighted by molar-refractivity contribution is 6.30. The van der Waals surface area contributed by atoms with Crippen LogP contribution < -0.4 is 20.9 Å². The summed E-state index contributed by atoms with van der Waals surface area (Å²) in [6.07, 6.45) is 1.33. The topological polar surface area (TPSA) is 96.3 Å². The van der Waals surface area contributed by atoms with Crippen LogP contribution in [0.2, 0.25) is 5.02 Å². The number of hydrogen-bond acceptors (Lipinski definition) is 6. The minimum absolute atomic E-state index is 0.0339. The Bertz CT molecular complexity index is 676. The van der Waals surface area contributed by atoms with E-state index in [0.717, 1.165) is 0 Å². The van der Waals surface area contributed by atoms with Gasteiger partial charge in [0.05, 0.1) is 6.20 Å². The van der Waals surface area contributed by atoms with E-state index < -0.39 is 5.67 Å². The van der Waals surface area contributed by atoms with E-state index in [1.54, 1.807) is 12.1 Å². The predicted octanol–water partition coefficient (Wildman–Crippen LogP) is 3.21. The van der Waals surface area contributed by atoms with Gasteiger partial charge in [0, 0.05) is 11.1 Å². The van der Waals surface area contributed by atoms with E-state index in [2.05, 4.69) is 9.97 Å². The molecule has 0 saturated carbocycles. The molecule has 2 rings (SSSR count). The molecule has 0 bridgehead atoms. The first-order valence-electron chi connectivity index (χ1n) is 6.42. The maximum absolute atomic E-state index is 13.6. The second kappa shape index (κ2) is 6.23. The number of benzene rings is 1. The maximum Gasteiger partial charge on any atom is 0.222 e. The minimum Gasteiger partial charge on any atom is -0.486 e. The van der Waals surface area contributed by atoms with E-state index in [0.29, 0.717) is 10.8 Å². The average molecular weight is 327 g/mol. The average Bonchev–Trinajstić information content (AvgIpc) is 2.40. The molecular weight excluding hydrogens is 311 g/mol. The highest BCUT2D eigenvalue weighted by Crippen LogP contribution is 2.36. The third kappa shape index (κ3) is 4.36. The molecule has 4 N–H and O–H groups in total. The van der Waals surface area contributed by atoms with Crippen molar-refractivity contribution in [1.29, 1.82) is 0 Å². The zero-order valence-electron chi connectivity index (χ0n) is 12.1. The Morgan fingerprint density at radius 1 is 1.23 bits per heavy atom. The molecule has 1 aromatic carbocycles. The summed E-state index contributed by atoms with van der Waals surface area (Å²) in [4.78, 5) is 7.59. The first-order valence-corrected chi connectivity index (χ1v) is 6.79. The molecule has 0 fully saturated rings. The Kier molecular flexibility index (Phi) is 4.56. The highest BCUT2D eigenvalue weighted by Gasteiger charge is 2.18. The summed E-state index contributed by atoms with van der Waals surface area (Å²) in [6, 6.07) is 4.72. The number of nitrogen functional groups attached to an aromatic ring is 2. The van der Waals surface area contributed by atoms with Gasteiger partial charge >= 0.3 is 0 Å². The molecule has 0 radical (unpaired) electrons. The molecule has 22 heavy (non-hydrogen) atoms. The Morgan fingerprint density at radius 2 is 1.95 bits per heavy atom. The molecule has 8 heteroatoms. The third-order valence-corrected chi connectivity index (χ3v) is 2.73. The molecule has 1 heterocycles. The Morgan fingerprint density at radius 3 is 2.59 bits per heavy atom. The van der Waals surface area contributed by atoms with Gasteiger partial charge in [-0.3, -0.25) is 0 Å². The number of alkyl halides is 1. The zero-order valence-corrected chi connectivity index (χ0v) is 12.9. The fraction of sp³-hybridized carbons (Fsp3) is 0.286. The quantitative estimate of drug-likeness (QED) is 0.875. The second-order valence-electron chi connectivity index (χ2n) is 5.18. The monoisotopic (exact) mass is 326 g/mol. The molecular formula is C14H16ClFN4O2. The van der Waals surface area contributed by atoms with Crippen LogP contribution in [-0.4, -0.2) is 22.2 Å². The lowest BCUT2D eigenvalue weighted by Crippen LogP contribution is -2.22. The molecule has 0 spiro atoms. The van der Waals surface area contributed by atoms with Gasteiger partial charge in [-0.05, 0) is 26.0 Å². The van der Waals surface area contributed by atoms with Crippen molar-refractivity contribution in [2.24, 2.45) is 0 Å². The van der Waals surface area contributed by atoms with Gasteiger partial charge in [0.15, 0.2) is 23.1 Å². The van der Waals surface area contributed by atoms with Gasteiger partial charge in [0.1, 0.15) is 12.3 Å². The molecule has 2 aromatic rings. The summed E-state index contributed by atoms with van der Waals surface area (Å²) >= 11 is 5.95. The van der Waals surface area contributed by atoms with Crippen LogP contribution in [0.1, 0.15) is 13.8 Å². The lowest BCUT2D eigenvalue weighted by molar-refractivity contribution is 0.119. The van der Waals surface area contributed by atoms with Crippen molar-refractivity contribution in [3.8, 4) is 17.2 Å². The number of halogens is 2. The lowest BCUT2D eigenvalue weighted by Gasteiger charge is -2.18. The Balaban J connectivity index is 2.27. The van der Waals surface area contributed by atoms with Gasteiger partial charge < -0.3 is 20.9 Å². The minimum atomic E-state index is -1.49. The molecule has 6 nitrogen and oxygen atoms in total. The van der Waals surface area contributed by atoms with Gasteiger partial charge in [-0.2, -0.15) is 4.98 Å². The summed E-state index contributed by atoms with van der Waals surface area (Å²) in [5.41, 5.74) is 9.65. The van der Waals surface area contributed by atoms with Crippen molar-refractivity contribution in [2.45, 2.75) is 19.5 Å². The third-order valence-electron chi connectivity index (χ3n) is 2.50.